The lowest BCUT2D eigenvalue weighted by Crippen LogP contribution is -2.02. The molecule has 0 spiro atoms. The molecular weight excluding hydrogens is 258 g/mol. The van der Waals surface area contributed by atoms with E-state index >= 15 is 0 Å². The Bertz CT molecular complexity index is 698. The van der Waals surface area contributed by atoms with Crippen LogP contribution in [0, 0.1) is 6.92 Å². The van der Waals surface area contributed by atoms with Crippen LogP contribution in [0.3, 0.4) is 0 Å². The van der Waals surface area contributed by atoms with Gasteiger partial charge >= 0.3 is 0 Å². The van der Waals surface area contributed by atoms with Crippen LogP contribution in [-0.2, 0) is 6.54 Å². The Morgan fingerprint density at radius 2 is 2.16 bits per heavy atom. The number of rotatable bonds is 3. The third-order valence-corrected chi connectivity index (χ3v) is 3.49. The Kier molecular flexibility index (Phi) is 3.13. The van der Waals surface area contributed by atoms with E-state index in [-0.39, 0.29) is 0 Å². The molecule has 2 N–H and O–H groups in total. The van der Waals surface area contributed by atoms with Crippen molar-refractivity contribution in [1.29, 1.82) is 0 Å². The highest BCUT2D eigenvalue weighted by atomic mass is 35.5. The third-order valence-electron chi connectivity index (χ3n) is 3.20. The van der Waals surface area contributed by atoms with Gasteiger partial charge in [-0.05, 0) is 47.7 Å². The summed E-state index contributed by atoms with van der Waals surface area (Å²) < 4.78 is 0. The number of halogens is 1. The van der Waals surface area contributed by atoms with Crippen molar-refractivity contribution in [3.63, 3.8) is 0 Å². The molecule has 0 bridgehead atoms. The number of hydrogen-bond acceptors (Lipinski definition) is 2. The lowest BCUT2D eigenvalue weighted by Gasteiger charge is -2.10. The van der Waals surface area contributed by atoms with Gasteiger partial charge in [-0.25, -0.2) is 4.98 Å². The Hall–Kier alpha value is -2.00. The second kappa shape index (κ2) is 4.94. The highest BCUT2D eigenvalue weighted by molar-refractivity contribution is 6.32. The van der Waals surface area contributed by atoms with E-state index in [2.05, 4.69) is 39.6 Å². The van der Waals surface area contributed by atoms with Crippen LogP contribution in [0.25, 0.3) is 10.9 Å². The minimum absolute atomic E-state index is 0.516. The molecule has 0 radical (unpaired) electrons. The summed E-state index contributed by atoms with van der Waals surface area (Å²) in [6.07, 6.45) is 3.67. The molecule has 0 aliphatic rings. The zero-order chi connectivity index (χ0) is 13.2. The second-order valence-electron chi connectivity index (χ2n) is 4.55. The molecule has 19 heavy (non-hydrogen) atoms. The number of nitrogens with zero attached hydrogens (tertiary/aromatic N) is 1. The third kappa shape index (κ3) is 2.42. The topological polar surface area (TPSA) is 40.7 Å². The minimum atomic E-state index is 0.516. The summed E-state index contributed by atoms with van der Waals surface area (Å²) in [6.45, 7) is 2.75. The van der Waals surface area contributed by atoms with Gasteiger partial charge in [0.15, 0.2) is 5.15 Å². The van der Waals surface area contributed by atoms with Gasteiger partial charge in [0.25, 0.3) is 0 Å². The van der Waals surface area contributed by atoms with Crippen molar-refractivity contribution in [1.82, 2.24) is 9.97 Å². The van der Waals surface area contributed by atoms with Crippen molar-refractivity contribution < 1.29 is 0 Å². The highest BCUT2D eigenvalue weighted by Gasteiger charge is 2.04. The maximum atomic E-state index is 6.09. The van der Waals surface area contributed by atoms with E-state index in [1.807, 2.05) is 19.2 Å². The monoisotopic (exact) mass is 271 g/mol. The largest absolute Gasteiger partial charge is 0.378 e. The molecule has 0 fully saturated rings. The van der Waals surface area contributed by atoms with Gasteiger partial charge < -0.3 is 10.3 Å². The summed E-state index contributed by atoms with van der Waals surface area (Å²) in [5.41, 5.74) is 4.37. The lowest BCUT2D eigenvalue weighted by atomic mass is 10.1. The standard InChI is InChI=1S/C15H14ClN3/c1-10-4-6-18-15(16)14(10)19-9-11-2-3-13-12(8-11)5-7-17-13/h2-8,17,19H,9H2,1H3. The molecule has 0 saturated carbocycles. The van der Waals surface area contributed by atoms with Crippen LogP contribution in [0.1, 0.15) is 11.1 Å². The first-order valence-electron chi connectivity index (χ1n) is 6.15. The molecule has 96 valence electrons. The van der Waals surface area contributed by atoms with Crippen molar-refractivity contribution in [2.45, 2.75) is 13.5 Å². The number of pyridine rings is 1. The molecule has 3 aromatic rings. The maximum Gasteiger partial charge on any atom is 0.152 e. The van der Waals surface area contributed by atoms with Crippen LogP contribution < -0.4 is 5.32 Å². The number of hydrogen-bond donors (Lipinski definition) is 2. The number of nitrogens with one attached hydrogen (secondary N) is 2. The zero-order valence-electron chi connectivity index (χ0n) is 10.6. The van der Waals surface area contributed by atoms with Crippen LogP contribution >= 0.6 is 11.6 Å². The molecule has 0 amide bonds. The van der Waals surface area contributed by atoms with E-state index in [1.54, 1.807) is 6.20 Å². The Balaban J connectivity index is 1.82. The van der Waals surface area contributed by atoms with Gasteiger partial charge in [0.2, 0.25) is 0 Å². The molecule has 0 aliphatic heterocycles. The summed E-state index contributed by atoms with van der Waals surface area (Å²) in [7, 11) is 0. The predicted molar refractivity (Wildman–Crippen MR) is 79.6 cm³/mol. The summed E-state index contributed by atoms with van der Waals surface area (Å²) in [5.74, 6) is 0. The molecule has 0 atom stereocenters. The molecule has 2 aromatic heterocycles. The molecule has 1 aromatic carbocycles. The van der Waals surface area contributed by atoms with Crippen molar-refractivity contribution in [2.75, 3.05) is 5.32 Å². The van der Waals surface area contributed by atoms with E-state index in [1.165, 1.54) is 10.9 Å². The number of fused-ring (bicyclic) bond motifs is 1. The van der Waals surface area contributed by atoms with Gasteiger partial charge in [-0.3, -0.25) is 0 Å². The fraction of sp³-hybridized carbons (Fsp3) is 0.133. The van der Waals surface area contributed by atoms with Gasteiger partial charge in [-0.15, -0.1) is 0 Å². The Morgan fingerprint density at radius 1 is 1.26 bits per heavy atom. The summed E-state index contributed by atoms with van der Waals surface area (Å²) in [5, 5.41) is 5.08. The first-order chi connectivity index (χ1) is 9.24. The summed E-state index contributed by atoms with van der Waals surface area (Å²) in [4.78, 5) is 7.28. The van der Waals surface area contributed by atoms with E-state index < -0.39 is 0 Å². The lowest BCUT2D eigenvalue weighted by molar-refractivity contribution is 1.13. The molecule has 4 heteroatoms. The Morgan fingerprint density at radius 3 is 3.00 bits per heavy atom. The number of aromatic amines is 1. The SMILES string of the molecule is Cc1ccnc(Cl)c1NCc1ccc2[nH]ccc2c1. The van der Waals surface area contributed by atoms with E-state index in [0.717, 1.165) is 23.3 Å². The molecule has 3 rings (SSSR count). The van der Waals surface area contributed by atoms with Gasteiger partial charge in [0.05, 0.1) is 5.69 Å². The quantitative estimate of drug-likeness (QED) is 0.703. The number of aryl methyl sites for hydroxylation is 1. The molecule has 0 aliphatic carbocycles. The predicted octanol–water partition coefficient (Wildman–Crippen LogP) is 4.14. The van der Waals surface area contributed by atoms with Gasteiger partial charge in [0, 0.05) is 24.5 Å². The highest BCUT2D eigenvalue weighted by Crippen LogP contribution is 2.23. The second-order valence-corrected chi connectivity index (χ2v) is 4.90. The molecule has 0 unspecified atom stereocenters. The number of benzene rings is 1. The summed E-state index contributed by atoms with van der Waals surface area (Å²) >= 11 is 6.09. The van der Waals surface area contributed by atoms with E-state index in [4.69, 9.17) is 11.6 Å². The van der Waals surface area contributed by atoms with Crippen molar-refractivity contribution in [3.8, 4) is 0 Å². The normalized spacial score (nSPS) is 10.8. The number of anilines is 1. The van der Waals surface area contributed by atoms with Crippen LogP contribution in [-0.4, -0.2) is 9.97 Å². The zero-order valence-corrected chi connectivity index (χ0v) is 11.3. The van der Waals surface area contributed by atoms with E-state index in [0.29, 0.717) is 5.15 Å². The van der Waals surface area contributed by atoms with Gasteiger partial charge in [-0.1, -0.05) is 17.7 Å². The molecular formula is C15H14ClN3. The van der Waals surface area contributed by atoms with Crippen molar-refractivity contribution in [3.05, 3.63) is 59.0 Å². The fourth-order valence-corrected chi connectivity index (χ4v) is 2.41. The van der Waals surface area contributed by atoms with Crippen LogP contribution in [0.4, 0.5) is 5.69 Å². The molecule has 0 saturated heterocycles. The smallest absolute Gasteiger partial charge is 0.152 e. The summed E-state index contributed by atoms with van der Waals surface area (Å²) in [6, 6.07) is 10.4. The van der Waals surface area contributed by atoms with Crippen molar-refractivity contribution in [2.24, 2.45) is 0 Å². The molecule has 2 heterocycles. The first-order valence-corrected chi connectivity index (χ1v) is 6.53. The van der Waals surface area contributed by atoms with Crippen LogP contribution in [0.15, 0.2) is 42.7 Å². The molecule has 3 nitrogen and oxygen atoms in total. The minimum Gasteiger partial charge on any atom is -0.378 e. The van der Waals surface area contributed by atoms with E-state index in [9.17, 15) is 0 Å². The van der Waals surface area contributed by atoms with Gasteiger partial charge in [0.1, 0.15) is 0 Å². The van der Waals surface area contributed by atoms with Gasteiger partial charge in [-0.2, -0.15) is 0 Å². The van der Waals surface area contributed by atoms with Crippen molar-refractivity contribution >= 4 is 28.2 Å². The average molecular weight is 272 g/mol. The number of H-pyrrole nitrogens is 1. The number of aromatic nitrogens is 2. The van der Waals surface area contributed by atoms with Crippen LogP contribution in [0.2, 0.25) is 5.15 Å². The average Bonchev–Trinajstić information content (AvgIpc) is 2.85. The first kappa shape index (κ1) is 12.1. The van der Waals surface area contributed by atoms with Crippen LogP contribution in [0.5, 0.6) is 0 Å². The fourth-order valence-electron chi connectivity index (χ4n) is 2.14. The Labute approximate surface area is 116 Å². The maximum absolute atomic E-state index is 6.09.